The molecule has 4 aliphatic carbocycles. The van der Waals surface area contributed by atoms with E-state index in [2.05, 4.69) is 11.4 Å². The minimum absolute atomic E-state index is 0.0363. The molecule has 6 nitrogen and oxygen atoms in total. The third kappa shape index (κ3) is 2.71. The lowest BCUT2D eigenvalue weighted by atomic mass is 9.46. The number of likely N-dealkylation sites (tertiary alicyclic amines) is 1. The monoisotopic (exact) mass is 349 g/mol. The summed E-state index contributed by atoms with van der Waals surface area (Å²) in [6.07, 6.45) is 3.61. The fraction of sp³-hybridized carbons (Fsp3) is 0.833. The number of nitriles is 1. The predicted molar refractivity (Wildman–Crippen MR) is 85.8 cm³/mol. The highest BCUT2D eigenvalue weighted by molar-refractivity contribution is 5.88. The maximum atomic E-state index is 15.0. The van der Waals surface area contributed by atoms with Crippen LogP contribution in [0.2, 0.25) is 0 Å². The van der Waals surface area contributed by atoms with Gasteiger partial charge in [-0.1, -0.05) is 0 Å². The first-order valence-corrected chi connectivity index (χ1v) is 9.15. The molecule has 4 unspecified atom stereocenters. The van der Waals surface area contributed by atoms with Crippen molar-refractivity contribution in [2.75, 3.05) is 13.1 Å². The van der Waals surface area contributed by atoms with E-state index in [-0.39, 0.29) is 43.5 Å². The molecule has 5 aliphatic rings. The summed E-state index contributed by atoms with van der Waals surface area (Å²) >= 11 is 0. The lowest BCUT2D eigenvalue weighted by Gasteiger charge is -2.61. The average molecular weight is 349 g/mol. The summed E-state index contributed by atoms with van der Waals surface area (Å²) < 4.78 is 15.0. The number of hydrogen-bond acceptors (Lipinski definition) is 4. The Morgan fingerprint density at radius 2 is 2.08 bits per heavy atom. The summed E-state index contributed by atoms with van der Waals surface area (Å²) in [6.45, 7) is 0.370. The van der Waals surface area contributed by atoms with Crippen LogP contribution in [0.1, 0.15) is 51.4 Å². The van der Waals surface area contributed by atoms with Crippen molar-refractivity contribution >= 4 is 11.8 Å². The lowest BCUT2D eigenvalue weighted by Crippen LogP contribution is -2.65. The van der Waals surface area contributed by atoms with Crippen molar-refractivity contribution in [3.8, 4) is 6.07 Å². The number of hydrogen-bond donors (Lipinski definition) is 2. The number of aliphatic hydroxyl groups is 1. The van der Waals surface area contributed by atoms with Gasteiger partial charge >= 0.3 is 0 Å². The van der Waals surface area contributed by atoms with Crippen LogP contribution in [0.25, 0.3) is 0 Å². The van der Waals surface area contributed by atoms with E-state index in [1.54, 1.807) is 0 Å². The Kier molecular flexibility index (Phi) is 3.63. The van der Waals surface area contributed by atoms with Crippen LogP contribution in [0.15, 0.2) is 0 Å². The third-order valence-electron chi connectivity index (χ3n) is 6.58. The molecule has 4 saturated carbocycles. The van der Waals surface area contributed by atoms with Crippen molar-refractivity contribution in [1.29, 1.82) is 5.26 Å². The van der Waals surface area contributed by atoms with Crippen molar-refractivity contribution in [2.45, 2.75) is 68.7 Å². The zero-order valence-electron chi connectivity index (χ0n) is 14.3. The van der Waals surface area contributed by atoms with Gasteiger partial charge in [0.05, 0.1) is 23.6 Å². The van der Waals surface area contributed by atoms with E-state index in [4.69, 9.17) is 5.26 Å². The number of rotatable bonds is 3. The molecule has 1 aliphatic heterocycles. The van der Waals surface area contributed by atoms with Gasteiger partial charge in [0.1, 0.15) is 11.7 Å². The fourth-order valence-corrected chi connectivity index (χ4v) is 6.17. The van der Waals surface area contributed by atoms with Gasteiger partial charge in [-0.05, 0) is 50.9 Å². The molecule has 4 bridgehead atoms. The Labute approximate surface area is 146 Å². The van der Waals surface area contributed by atoms with Gasteiger partial charge in [0, 0.05) is 13.0 Å². The van der Waals surface area contributed by atoms with E-state index >= 15 is 4.39 Å². The molecule has 136 valence electrons. The quantitative estimate of drug-likeness (QED) is 0.796. The van der Waals surface area contributed by atoms with Crippen LogP contribution in [0.4, 0.5) is 4.39 Å². The molecular weight excluding hydrogens is 325 g/mol. The smallest absolute Gasteiger partial charge is 0.243 e. The molecule has 25 heavy (non-hydrogen) atoms. The van der Waals surface area contributed by atoms with Crippen LogP contribution in [0, 0.1) is 22.7 Å². The maximum Gasteiger partial charge on any atom is 0.243 e. The summed E-state index contributed by atoms with van der Waals surface area (Å²) in [5.41, 5.74) is -3.45. The molecule has 0 radical (unpaired) electrons. The molecule has 2 amide bonds. The average Bonchev–Trinajstić information content (AvgIpc) is 2.97. The molecule has 0 spiro atoms. The van der Waals surface area contributed by atoms with Gasteiger partial charge in [-0.3, -0.25) is 9.59 Å². The number of amides is 2. The Bertz CT molecular complexity index is 642. The number of alkyl halides is 1. The Morgan fingerprint density at radius 1 is 1.28 bits per heavy atom. The molecule has 5 rings (SSSR count). The second-order valence-electron chi connectivity index (χ2n) is 8.72. The highest BCUT2D eigenvalue weighted by atomic mass is 19.1. The second kappa shape index (κ2) is 5.41. The molecule has 0 aromatic rings. The first kappa shape index (κ1) is 16.8. The number of nitrogens with zero attached hydrogens (tertiary/aromatic N) is 2. The number of nitrogens with one attached hydrogen (secondary N) is 1. The van der Waals surface area contributed by atoms with Gasteiger partial charge in [-0.15, -0.1) is 0 Å². The van der Waals surface area contributed by atoms with Crippen LogP contribution in [0.3, 0.4) is 0 Å². The van der Waals surface area contributed by atoms with E-state index in [0.717, 1.165) is 6.42 Å². The zero-order valence-corrected chi connectivity index (χ0v) is 14.3. The van der Waals surface area contributed by atoms with Crippen molar-refractivity contribution in [3.63, 3.8) is 0 Å². The van der Waals surface area contributed by atoms with E-state index in [1.165, 1.54) is 4.90 Å². The first-order valence-electron chi connectivity index (χ1n) is 9.15. The second-order valence-corrected chi connectivity index (χ2v) is 8.72. The topological polar surface area (TPSA) is 93.4 Å². The molecule has 2 N–H and O–H groups in total. The molecule has 7 heteroatoms. The Hall–Kier alpha value is -1.68. The third-order valence-corrected chi connectivity index (χ3v) is 6.58. The normalized spacial score (nSPS) is 44.6. The van der Waals surface area contributed by atoms with Gasteiger partial charge in [0.15, 0.2) is 0 Å². The summed E-state index contributed by atoms with van der Waals surface area (Å²) in [5.74, 6) is -0.553. The van der Waals surface area contributed by atoms with Gasteiger partial charge in [0.25, 0.3) is 0 Å². The van der Waals surface area contributed by atoms with Gasteiger partial charge in [-0.2, -0.15) is 5.26 Å². The first-order chi connectivity index (χ1) is 11.8. The number of halogens is 1. The highest BCUT2D eigenvalue weighted by Gasteiger charge is 2.66. The molecule has 5 atom stereocenters. The van der Waals surface area contributed by atoms with Crippen LogP contribution < -0.4 is 5.32 Å². The SMILES string of the molecule is N#C[C@@H]1CCCN1C(=O)CNC(=O)C12CC3CC(O)(CC(F)(C3)C1)C2. The number of carbonyl (C=O) groups is 2. The van der Waals surface area contributed by atoms with Gasteiger partial charge in [-0.25, -0.2) is 4.39 Å². The standard InChI is InChI=1S/C18H24FN3O3/c19-17-5-12-4-16(9-17,10-18(25,6-12)11-17)15(24)21-8-14(23)22-3-1-2-13(22)7-20/h12-13,25H,1-6,8-11H2,(H,21,24)/t12?,13-,16?,17?,18?/m0/s1. The van der Waals surface area contributed by atoms with Crippen LogP contribution >= 0.6 is 0 Å². The zero-order chi connectivity index (χ0) is 17.9. The highest BCUT2D eigenvalue weighted by Crippen LogP contribution is 2.64. The summed E-state index contributed by atoms with van der Waals surface area (Å²) in [6, 6.07) is 1.69. The maximum absolute atomic E-state index is 15.0. The molecule has 1 saturated heterocycles. The molecular formula is C18H24FN3O3. The summed E-state index contributed by atoms with van der Waals surface area (Å²) in [7, 11) is 0. The predicted octanol–water partition coefficient (Wildman–Crippen LogP) is 1.04. The largest absolute Gasteiger partial charge is 0.390 e. The molecule has 5 fully saturated rings. The minimum atomic E-state index is -1.46. The molecule has 1 heterocycles. The summed E-state index contributed by atoms with van der Waals surface area (Å²) in [5, 5.41) is 22.4. The lowest BCUT2D eigenvalue weighted by molar-refractivity contribution is -0.207. The van der Waals surface area contributed by atoms with E-state index < -0.39 is 22.7 Å². The summed E-state index contributed by atoms with van der Waals surface area (Å²) in [4.78, 5) is 26.6. The van der Waals surface area contributed by atoms with Crippen LogP contribution in [-0.2, 0) is 9.59 Å². The van der Waals surface area contributed by atoms with Crippen LogP contribution in [0.5, 0.6) is 0 Å². The van der Waals surface area contributed by atoms with Crippen molar-refractivity contribution in [1.82, 2.24) is 10.2 Å². The van der Waals surface area contributed by atoms with Crippen molar-refractivity contribution < 1.29 is 19.1 Å². The molecule has 0 aromatic carbocycles. The van der Waals surface area contributed by atoms with Gasteiger partial charge < -0.3 is 15.3 Å². The van der Waals surface area contributed by atoms with E-state index in [1.807, 2.05) is 0 Å². The Morgan fingerprint density at radius 3 is 2.76 bits per heavy atom. The van der Waals surface area contributed by atoms with Crippen molar-refractivity contribution in [3.05, 3.63) is 0 Å². The van der Waals surface area contributed by atoms with E-state index in [9.17, 15) is 14.7 Å². The molecule has 0 aromatic heterocycles. The fourth-order valence-electron chi connectivity index (χ4n) is 6.17. The van der Waals surface area contributed by atoms with Gasteiger partial charge in [0.2, 0.25) is 11.8 Å². The van der Waals surface area contributed by atoms with E-state index in [0.29, 0.717) is 32.2 Å². The minimum Gasteiger partial charge on any atom is -0.390 e. The van der Waals surface area contributed by atoms with Crippen molar-refractivity contribution in [2.24, 2.45) is 11.3 Å². The Balaban J connectivity index is 1.43. The number of carbonyl (C=O) groups excluding carboxylic acids is 2. The van der Waals surface area contributed by atoms with Crippen LogP contribution in [-0.4, -0.2) is 52.2 Å².